The molecule has 4 heteroatoms. The second-order valence-electron chi connectivity index (χ2n) is 6.33. The Balaban J connectivity index is 1.41. The molecule has 0 fully saturated rings. The van der Waals surface area contributed by atoms with Gasteiger partial charge in [0, 0.05) is 23.5 Å². The van der Waals surface area contributed by atoms with E-state index < -0.39 is 0 Å². The minimum absolute atomic E-state index is 0.0505. The Morgan fingerprint density at radius 2 is 2.00 bits per heavy atom. The van der Waals surface area contributed by atoms with Gasteiger partial charge in [-0.3, -0.25) is 4.79 Å². The molecular weight excluding hydrogens is 312 g/mol. The molecule has 3 rings (SSSR count). The number of carbonyl (C=O) groups is 1. The third kappa shape index (κ3) is 4.41. The predicted molar refractivity (Wildman–Crippen MR) is 101 cm³/mol. The summed E-state index contributed by atoms with van der Waals surface area (Å²) in [7, 11) is 0. The molecule has 1 amide bonds. The number of aromatic amines is 1. The van der Waals surface area contributed by atoms with Crippen LogP contribution in [-0.4, -0.2) is 24.0 Å². The lowest BCUT2D eigenvalue weighted by Gasteiger charge is -2.10. The molecule has 130 valence electrons. The van der Waals surface area contributed by atoms with E-state index in [0.29, 0.717) is 19.6 Å². The van der Waals surface area contributed by atoms with E-state index >= 15 is 0 Å². The summed E-state index contributed by atoms with van der Waals surface area (Å²) in [4.78, 5) is 15.3. The molecule has 0 saturated carbocycles. The van der Waals surface area contributed by atoms with E-state index in [1.165, 1.54) is 16.5 Å². The van der Waals surface area contributed by atoms with Gasteiger partial charge in [-0.2, -0.15) is 0 Å². The molecule has 1 aromatic heterocycles. The van der Waals surface area contributed by atoms with Crippen molar-refractivity contribution >= 4 is 16.8 Å². The minimum Gasteiger partial charge on any atom is -0.491 e. The van der Waals surface area contributed by atoms with Gasteiger partial charge in [-0.1, -0.05) is 35.9 Å². The number of fused-ring (bicyclic) bond motifs is 1. The van der Waals surface area contributed by atoms with E-state index in [-0.39, 0.29) is 5.91 Å². The number of para-hydroxylation sites is 1. The fraction of sp³-hybridized carbons (Fsp3) is 0.286. The van der Waals surface area contributed by atoms with E-state index in [1.54, 1.807) is 0 Å². The first-order chi connectivity index (χ1) is 12.1. The molecule has 2 aromatic carbocycles. The third-order valence-electron chi connectivity index (χ3n) is 4.31. The maximum atomic E-state index is 12.0. The highest BCUT2D eigenvalue weighted by atomic mass is 16.5. The number of hydrogen-bond acceptors (Lipinski definition) is 2. The van der Waals surface area contributed by atoms with Crippen LogP contribution >= 0.6 is 0 Å². The van der Waals surface area contributed by atoms with Gasteiger partial charge in [0.1, 0.15) is 12.4 Å². The van der Waals surface area contributed by atoms with Gasteiger partial charge in [0.05, 0.1) is 6.54 Å². The minimum atomic E-state index is 0.0505. The van der Waals surface area contributed by atoms with Crippen molar-refractivity contribution in [2.45, 2.75) is 26.7 Å². The second kappa shape index (κ2) is 7.88. The number of aromatic nitrogens is 1. The van der Waals surface area contributed by atoms with Gasteiger partial charge < -0.3 is 15.0 Å². The van der Waals surface area contributed by atoms with Crippen molar-refractivity contribution in [2.24, 2.45) is 0 Å². The average Bonchev–Trinajstić information content (AvgIpc) is 3.01. The highest BCUT2D eigenvalue weighted by molar-refractivity contribution is 5.84. The highest BCUT2D eigenvalue weighted by Crippen LogP contribution is 2.19. The number of nitrogens with one attached hydrogen (secondary N) is 2. The van der Waals surface area contributed by atoms with Crippen molar-refractivity contribution in [3.8, 4) is 5.75 Å². The molecule has 0 spiro atoms. The Labute approximate surface area is 148 Å². The summed E-state index contributed by atoms with van der Waals surface area (Å²) in [6.45, 7) is 5.08. The molecule has 0 unspecified atom stereocenters. The summed E-state index contributed by atoms with van der Waals surface area (Å²) in [6, 6.07) is 14.2. The molecule has 0 radical (unpaired) electrons. The first kappa shape index (κ1) is 17.1. The van der Waals surface area contributed by atoms with Gasteiger partial charge in [0.15, 0.2) is 0 Å². The quantitative estimate of drug-likeness (QED) is 0.643. The van der Waals surface area contributed by atoms with Crippen molar-refractivity contribution in [1.29, 1.82) is 0 Å². The summed E-state index contributed by atoms with van der Waals surface area (Å²) in [5, 5.41) is 4.11. The maximum Gasteiger partial charge on any atom is 0.220 e. The molecule has 0 aliphatic carbocycles. The maximum absolute atomic E-state index is 12.0. The third-order valence-corrected chi connectivity index (χ3v) is 4.31. The predicted octanol–water partition coefficient (Wildman–Crippen LogP) is 3.91. The van der Waals surface area contributed by atoms with Crippen LogP contribution in [0.25, 0.3) is 10.9 Å². The van der Waals surface area contributed by atoms with Crippen molar-refractivity contribution in [3.05, 3.63) is 65.4 Å². The van der Waals surface area contributed by atoms with Crippen LogP contribution in [-0.2, 0) is 11.2 Å². The number of aryl methyl sites for hydroxylation is 3. The van der Waals surface area contributed by atoms with Gasteiger partial charge in [0.2, 0.25) is 5.91 Å². The van der Waals surface area contributed by atoms with Crippen molar-refractivity contribution in [1.82, 2.24) is 10.3 Å². The lowest BCUT2D eigenvalue weighted by Crippen LogP contribution is -2.28. The monoisotopic (exact) mass is 336 g/mol. The molecule has 25 heavy (non-hydrogen) atoms. The lowest BCUT2D eigenvalue weighted by molar-refractivity contribution is -0.121. The number of carbonyl (C=O) groups excluding carboxylic acids is 1. The summed E-state index contributed by atoms with van der Waals surface area (Å²) in [6.07, 6.45) is 3.19. The van der Waals surface area contributed by atoms with Crippen LogP contribution in [0.3, 0.4) is 0 Å². The molecule has 2 N–H and O–H groups in total. The lowest BCUT2D eigenvalue weighted by atomic mass is 10.1. The second-order valence-corrected chi connectivity index (χ2v) is 6.33. The van der Waals surface area contributed by atoms with Crippen LogP contribution in [0.2, 0.25) is 0 Å². The summed E-state index contributed by atoms with van der Waals surface area (Å²) in [5.41, 5.74) is 4.62. The zero-order chi connectivity index (χ0) is 17.6. The van der Waals surface area contributed by atoms with Gasteiger partial charge in [-0.05, 0) is 43.5 Å². The number of hydrogen-bond donors (Lipinski definition) is 2. The number of amides is 1. The molecule has 0 saturated heterocycles. The zero-order valence-corrected chi connectivity index (χ0v) is 14.8. The SMILES string of the molecule is Cc1ccc(OCCNC(=O)CCc2c[nH]c3ccccc23)c(C)c1. The molecule has 0 aliphatic rings. The van der Waals surface area contributed by atoms with Crippen LogP contribution in [0.1, 0.15) is 23.1 Å². The first-order valence-electron chi connectivity index (χ1n) is 8.65. The van der Waals surface area contributed by atoms with Crippen LogP contribution in [0, 0.1) is 13.8 Å². The molecular formula is C21H24N2O2. The smallest absolute Gasteiger partial charge is 0.220 e. The summed E-state index contributed by atoms with van der Waals surface area (Å²) >= 11 is 0. The van der Waals surface area contributed by atoms with E-state index in [1.807, 2.05) is 43.5 Å². The van der Waals surface area contributed by atoms with E-state index in [2.05, 4.69) is 29.4 Å². The van der Waals surface area contributed by atoms with Crippen molar-refractivity contribution < 1.29 is 9.53 Å². The van der Waals surface area contributed by atoms with Crippen LogP contribution in [0.4, 0.5) is 0 Å². The Morgan fingerprint density at radius 3 is 2.84 bits per heavy atom. The first-order valence-corrected chi connectivity index (χ1v) is 8.65. The summed E-state index contributed by atoms with van der Waals surface area (Å²) < 4.78 is 5.73. The number of rotatable bonds is 7. The van der Waals surface area contributed by atoms with Crippen LogP contribution in [0.15, 0.2) is 48.7 Å². The fourth-order valence-corrected chi connectivity index (χ4v) is 2.99. The van der Waals surface area contributed by atoms with Crippen molar-refractivity contribution in [2.75, 3.05) is 13.2 Å². The van der Waals surface area contributed by atoms with Gasteiger partial charge in [-0.25, -0.2) is 0 Å². The Hall–Kier alpha value is -2.75. The van der Waals surface area contributed by atoms with Crippen LogP contribution in [0.5, 0.6) is 5.75 Å². The average molecular weight is 336 g/mol. The number of benzene rings is 2. The topological polar surface area (TPSA) is 54.1 Å². The Bertz CT molecular complexity index is 867. The zero-order valence-electron chi connectivity index (χ0n) is 14.8. The molecule has 0 bridgehead atoms. The highest BCUT2D eigenvalue weighted by Gasteiger charge is 2.06. The molecule has 4 nitrogen and oxygen atoms in total. The van der Waals surface area contributed by atoms with Gasteiger partial charge in [-0.15, -0.1) is 0 Å². The standard InChI is InChI=1S/C21H24N2O2/c1-15-7-9-20(16(2)13-15)25-12-11-22-21(24)10-8-17-14-23-19-6-4-3-5-18(17)19/h3-7,9,13-14,23H,8,10-12H2,1-2H3,(H,22,24). The molecule has 1 heterocycles. The molecule has 3 aromatic rings. The summed E-state index contributed by atoms with van der Waals surface area (Å²) in [5.74, 6) is 0.924. The fourth-order valence-electron chi connectivity index (χ4n) is 2.99. The largest absolute Gasteiger partial charge is 0.491 e. The number of H-pyrrole nitrogens is 1. The Kier molecular flexibility index (Phi) is 5.39. The molecule has 0 atom stereocenters. The van der Waals surface area contributed by atoms with Gasteiger partial charge >= 0.3 is 0 Å². The Morgan fingerprint density at radius 1 is 1.16 bits per heavy atom. The van der Waals surface area contributed by atoms with E-state index in [9.17, 15) is 4.79 Å². The van der Waals surface area contributed by atoms with E-state index in [4.69, 9.17) is 4.74 Å². The number of ether oxygens (including phenoxy) is 1. The van der Waals surface area contributed by atoms with Crippen molar-refractivity contribution in [3.63, 3.8) is 0 Å². The van der Waals surface area contributed by atoms with Gasteiger partial charge in [0.25, 0.3) is 0 Å². The van der Waals surface area contributed by atoms with E-state index in [0.717, 1.165) is 23.3 Å². The molecule has 0 aliphatic heterocycles. The van der Waals surface area contributed by atoms with Crippen LogP contribution < -0.4 is 10.1 Å². The normalized spacial score (nSPS) is 10.8.